The molecule has 94 valence electrons. The second-order valence-electron chi connectivity index (χ2n) is 5.42. The minimum absolute atomic E-state index is 0.336. The van der Waals surface area contributed by atoms with Crippen molar-refractivity contribution >= 4 is 0 Å². The highest BCUT2D eigenvalue weighted by molar-refractivity contribution is 4.96. The van der Waals surface area contributed by atoms with Gasteiger partial charge in [-0.25, -0.2) is 4.98 Å². The fourth-order valence-electron chi connectivity index (χ4n) is 3.32. The molecule has 3 rings (SSSR count). The van der Waals surface area contributed by atoms with Crippen LogP contribution in [-0.4, -0.2) is 40.0 Å². The highest BCUT2D eigenvalue weighted by Crippen LogP contribution is 2.27. The normalized spacial score (nSPS) is 31.4. The lowest BCUT2D eigenvalue weighted by Crippen LogP contribution is -2.46. The average Bonchev–Trinajstić information content (AvgIpc) is 2.99. The summed E-state index contributed by atoms with van der Waals surface area (Å²) in [6.07, 6.45) is 9.10. The smallest absolute Gasteiger partial charge is 0.122 e. The van der Waals surface area contributed by atoms with Gasteiger partial charge in [-0.3, -0.25) is 0 Å². The van der Waals surface area contributed by atoms with Gasteiger partial charge in [0, 0.05) is 24.5 Å². The Bertz CT molecular complexity index is 348. The summed E-state index contributed by atoms with van der Waals surface area (Å²) in [6.45, 7) is 4.79. The zero-order chi connectivity index (χ0) is 11.7. The molecule has 4 heteroatoms. The highest BCUT2D eigenvalue weighted by Gasteiger charge is 2.32. The van der Waals surface area contributed by atoms with Gasteiger partial charge in [0.05, 0.1) is 6.04 Å². The van der Waals surface area contributed by atoms with Crippen LogP contribution in [0.5, 0.6) is 0 Å². The summed E-state index contributed by atoms with van der Waals surface area (Å²) in [7, 11) is 0. The lowest BCUT2D eigenvalue weighted by atomic mass is 9.97. The van der Waals surface area contributed by atoms with E-state index < -0.39 is 0 Å². The van der Waals surface area contributed by atoms with Crippen LogP contribution in [0.15, 0.2) is 12.4 Å². The maximum absolute atomic E-state index is 4.32. The van der Waals surface area contributed by atoms with E-state index in [1.54, 1.807) is 0 Å². The maximum Gasteiger partial charge on any atom is 0.122 e. The largest absolute Gasteiger partial charge is 0.347 e. The Kier molecular flexibility index (Phi) is 3.16. The third kappa shape index (κ3) is 2.38. The molecule has 4 nitrogen and oxygen atoms in total. The van der Waals surface area contributed by atoms with Crippen LogP contribution in [0.4, 0.5) is 0 Å². The van der Waals surface area contributed by atoms with Crippen LogP contribution < -0.4 is 5.32 Å². The van der Waals surface area contributed by atoms with Gasteiger partial charge in [0.15, 0.2) is 0 Å². The fourth-order valence-corrected chi connectivity index (χ4v) is 3.32. The predicted octanol–water partition coefficient (Wildman–Crippen LogP) is 1.69. The van der Waals surface area contributed by atoms with Gasteiger partial charge < -0.3 is 15.2 Å². The molecule has 3 unspecified atom stereocenters. The summed E-state index contributed by atoms with van der Waals surface area (Å²) >= 11 is 0. The van der Waals surface area contributed by atoms with E-state index in [2.05, 4.69) is 27.1 Å². The summed E-state index contributed by atoms with van der Waals surface area (Å²) in [5.74, 6) is 1.05. The molecule has 17 heavy (non-hydrogen) atoms. The molecule has 0 aromatic carbocycles. The van der Waals surface area contributed by atoms with Crippen molar-refractivity contribution in [2.75, 3.05) is 13.1 Å². The number of fused-ring (bicyclic) bond motifs is 1. The van der Waals surface area contributed by atoms with E-state index >= 15 is 0 Å². The number of H-pyrrole nitrogens is 1. The van der Waals surface area contributed by atoms with Gasteiger partial charge in [0.25, 0.3) is 0 Å². The van der Waals surface area contributed by atoms with E-state index in [0.717, 1.165) is 11.9 Å². The van der Waals surface area contributed by atoms with Gasteiger partial charge in [0.1, 0.15) is 5.82 Å². The van der Waals surface area contributed by atoms with Gasteiger partial charge in [-0.15, -0.1) is 0 Å². The summed E-state index contributed by atoms with van der Waals surface area (Å²) in [4.78, 5) is 10.2. The number of hydrogen-bond acceptors (Lipinski definition) is 3. The van der Waals surface area contributed by atoms with Crippen molar-refractivity contribution in [3.05, 3.63) is 18.2 Å². The predicted molar refractivity (Wildman–Crippen MR) is 67.8 cm³/mol. The number of aromatic nitrogens is 2. The Morgan fingerprint density at radius 2 is 2.41 bits per heavy atom. The second kappa shape index (κ2) is 4.78. The zero-order valence-electron chi connectivity index (χ0n) is 10.5. The van der Waals surface area contributed by atoms with E-state index in [4.69, 9.17) is 0 Å². The molecule has 0 radical (unpaired) electrons. The second-order valence-corrected chi connectivity index (χ2v) is 5.42. The van der Waals surface area contributed by atoms with Crippen molar-refractivity contribution in [3.8, 4) is 0 Å². The van der Waals surface area contributed by atoms with Crippen LogP contribution in [0, 0.1) is 0 Å². The summed E-state index contributed by atoms with van der Waals surface area (Å²) in [5.41, 5.74) is 0. The molecule has 0 saturated carbocycles. The van der Waals surface area contributed by atoms with Gasteiger partial charge >= 0.3 is 0 Å². The lowest BCUT2D eigenvalue weighted by Gasteiger charge is -2.36. The topological polar surface area (TPSA) is 44.0 Å². The molecular formula is C13H22N4. The Labute approximate surface area is 103 Å². The summed E-state index contributed by atoms with van der Waals surface area (Å²) < 4.78 is 0. The molecule has 1 aromatic rings. The molecule has 0 bridgehead atoms. The van der Waals surface area contributed by atoms with Gasteiger partial charge in [-0.1, -0.05) is 0 Å². The summed E-state index contributed by atoms with van der Waals surface area (Å²) in [6, 6.07) is 1.84. The molecule has 3 heterocycles. The van der Waals surface area contributed by atoms with Crippen molar-refractivity contribution in [1.29, 1.82) is 0 Å². The average molecular weight is 234 g/mol. The molecule has 2 N–H and O–H groups in total. The molecule has 2 saturated heterocycles. The third-order valence-electron chi connectivity index (χ3n) is 4.24. The minimum atomic E-state index is 0.336. The van der Waals surface area contributed by atoms with Crippen LogP contribution in [-0.2, 0) is 0 Å². The van der Waals surface area contributed by atoms with Crippen LogP contribution in [0.25, 0.3) is 0 Å². The van der Waals surface area contributed by atoms with E-state index in [0.29, 0.717) is 12.1 Å². The Hall–Kier alpha value is -0.870. The summed E-state index contributed by atoms with van der Waals surface area (Å²) in [5, 5.41) is 3.71. The number of rotatable bonds is 3. The number of piperidine rings is 1. The first kappa shape index (κ1) is 11.2. The molecule has 2 aliphatic rings. The van der Waals surface area contributed by atoms with E-state index in [-0.39, 0.29) is 0 Å². The lowest BCUT2D eigenvalue weighted by molar-refractivity contribution is 0.161. The fraction of sp³-hybridized carbons (Fsp3) is 0.769. The van der Waals surface area contributed by atoms with Crippen molar-refractivity contribution in [2.24, 2.45) is 0 Å². The van der Waals surface area contributed by atoms with Crippen LogP contribution in [0.3, 0.4) is 0 Å². The van der Waals surface area contributed by atoms with Gasteiger partial charge in [-0.05, 0) is 45.7 Å². The number of aromatic amines is 1. The monoisotopic (exact) mass is 234 g/mol. The Morgan fingerprint density at radius 3 is 3.24 bits per heavy atom. The first-order chi connectivity index (χ1) is 8.33. The highest BCUT2D eigenvalue weighted by atomic mass is 15.2. The van der Waals surface area contributed by atoms with Crippen LogP contribution in [0.2, 0.25) is 0 Å². The van der Waals surface area contributed by atoms with Crippen LogP contribution in [0.1, 0.15) is 44.5 Å². The van der Waals surface area contributed by atoms with Crippen molar-refractivity contribution in [2.45, 2.75) is 50.7 Å². The van der Waals surface area contributed by atoms with Crippen LogP contribution >= 0.6 is 0 Å². The molecule has 0 spiro atoms. The van der Waals surface area contributed by atoms with Crippen molar-refractivity contribution in [3.63, 3.8) is 0 Å². The number of imidazole rings is 1. The Morgan fingerprint density at radius 1 is 1.47 bits per heavy atom. The standard InChI is InChI=1S/C13H22N4/c1-10(13-14-5-6-15-13)16-11-4-8-17-7-2-3-12(17)9-11/h5-6,10-12,16H,2-4,7-9H2,1H3,(H,14,15). The van der Waals surface area contributed by atoms with E-state index in [9.17, 15) is 0 Å². The number of nitrogens with zero attached hydrogens (tertiary/aromatic N) is 2. The molecule has 3 atom stereocenters. The molecule has 0 aliphatic carbocycles. The first-order valence-corrected chi connectivity index (χ1v) is 6.82. The molecule has 2 aliphatic heterocycles. The molecule has 0 amide bonds. The van der Waals surface area contributed by atoms with Crippen molar-refractivity contribution < 1.29 is 0 Å². The molecular weight excluding hydrogens is 212 g/mol. The van der Waals surface area contributed by atoms with Gasteiger partial charge in [0.2, 0.25) is 0 Å². The van der Waals surface area contributed by atoms with E-state index in [1.165, 1.54) is 38.8 Å². The minimum Gasteiger partial charge on any atom is -0.347 e. The van der Waals surface area contributed by atoms with E-state index in [1.807, 2.05) is 12.4 Å². The third-order valence-corrected chi connectivity index (χ3v) is 4.24. The van der Waals surface area contributed by atoms with Gasteiger partial charge in [-0.2, -0.15) is 0 Å². The maximum atomic E-state index is 4.32. The number of hydrogen-bond donors (Lipinski definition) is 2. The van der Waals surface area contributed by atoms with Crippen molar-refractivity contribution in [1.82, 2.24) is 20.2 Å². The molecule has 2 fully saturated rings. The quantitative estimate of drug-likeness (QED) is 0.836. The zero-order valence-corrected chi connectivity index (χ0v) is 10.5. The number of nitrogens with one attached hydrogen (secondary N) is 2. The first-order valence-electron chi connectivity index (χ1n) is 6.82. The molecule has 1 aromatic heterocycles. The Balaban J connectivity index is 1.55. The SMILES string of the molecule is CC(NC1CCN2CCCC2C1)c1ncc[nH]1.